The van der Waals surface area contributed by atoms with Crippen molar-refractivity contribution < 1.29 is 23.5 Å². The van der Waals surface area contributed by atoms with Crippen LogP contribution in [0.15, 0.2) is 67.6 Å². The first-order valence-corrected chi connectivity index (χ1v) is 10.2. The van der Waals surface area contributed by atoms with Crippen LogP contribution in [0.25, 0.3) is 11.0 Å². The molecule has 31 heavy (non-hydrogen) atoms. The molecule has 5 rings (SSSR count). The second-order valence-corrected chi connectivity index (χ2v) is 7.96. The minimum absolute atomic E-state index is 0.0395. The normalized spacial score (nSPS) is 19.1. The summed E-state index contributed by atoms with van der Waals surface area (Å²) in [7, 11) is 0. The van der Waals surface area contributed by atoms with Crippen molar-refractivity contribution in [2.45, 2.75) is 12.3 Å². The summed E-state index contributed by atoms with van der Waals surface area (Å²) in [5.41, 5.74) is 4.17. The lowest BCUT2D eigenvalue weighted by molar-refractivity contribution is -0.140. The van der Waals surface area contributed by atoms with E-state index in [1.807, 2.05) is 0 Å². The zero-order chi connectivity index (χ0) is 21.9. The van der Waals surface area contributed by atoms with Gasteiger partial charge < -0.3 is 24.9 Å². The highest BCUT2D eigenvalue weighted by atomic mass is 79.9. The third-order valence-corrected chi connectivity index (χ3v) is 5.92. The molecule has 1 aromatic heterocycles. The summed E-state index contributed by atoms with van der Waals surface area (Å²) in [5.74, 6) is -1.73. The van der Waals surface area contributed by atoms with Crippen LogP contribution in [0.2, 0.25) is 0 Å². The van der Waals surface area contributed by atoms with Gasteiger partial charge in [0.05, 0.1) is 12.0 Å². The number of hydrogen-bond donors (Lipinski definition) is 2. The number of fused-ring (bicyclic) bond motifs is 6. The molecule has 3 aromatic rings. The molecule has 0 aliphatic carbocycles. The number of rotatable bonds is 2. The second-order valence-electron chi connectivity index (χ2n) is 7.05. The molecule has 156 valence electrons. The minimum Gasteiger partial charge on any atom is -0.462 e. The molecular weight excluding hydrogens is 468 g/mol. The number of halogens is 1. The Hall–Kier alpha value is -3.59. The van der Waals surface area contributed by atoms with E-state index >= 15 is 0 Å². The molecule has 0 saturated carbocycles. The fourth-order valence-corrected chi connectivity index (χ4v) is 4.61. The Morgan fingerprint density at radius 3 is 2.77 bits per heavy atom. The van der Waals surface area contributed by atoms with E-state index in [-0.39, 0.29) is 35.0 Å². The average Bonchev–Trinajstić information content (AvgIpc) is 3.00. The molecule has 2 aromatic carbocycles. The van der Waals surface area contributed by atoms with Crippen molar-refractivity contribution in [2.75, 3.05) is 11.9 Å². The smallest absolute Gasteiger partial charge is 0.345 e. The van der Waals surface area contributed by atoms with Gasteiger partial charge in [0.1, 0.15) is 22.1 Å². The zero-order valence-electron chi connectivity index (χ0n) is 16.2. The van der Waals surface area contributed by atoms with Gasteiger partial charge in [0.15, 0.2) is 5.75 Å². The van der Waals surface area contributed by atoms with E-state index in [2.05, 4.69) is 21.2 Å². The molecule has 2 aliphatic rings. The first-order chi connectivity index (χ1) is 14.9. The monoisotopic (exact) mass is 482 g/mol. The molecule has 1 unspecified atom stereocenters. The molecule has 0 bridgehead atoms. The van der Waals surface area contributed by atoms with Crippen molar-refractivity contribution in [1.82, 2.24) is 0 Å². The van der Waals surface area contributed by atoms with E-state index in [1.165, 1.54) is 0 Å². The molecule has 3 heterocycles. The van der Waals surface area contributed by atoms with Crippen LogP contribution in [-0.4, -0.2) is 18.5 Å². The third-order valence-electron chi connectivity index (χ3n) is 5.43. The number of para-hydroxylation sites is 1. The Balaban J connectivity index is 1.98. The number of ether oxygens (including phenoxy) is 2. The maximum atomic E-state index is 13.6. The van der Waals surface area contributed by atoms with Gasteiger partial charge in [-0.3, -0.25) is 4.79 Å². The van der Waals surface area contributed by atoms with Gasteiger partial charge in [-0.05, 0) is 37.3 Å². The quantitative estimate of drug-likeness (QED) is 0.425. The van der Waals surface area contributed by atoms with E-state index in [9.17, 15) is 14.4 Å². The summed E-state index contributed by atoms with van der Waals surface area (Å²) in [4.78, 5) is 39.9. The summed E-state index contributed by atoms with van der Waals surface area (Å²) in [6.07, 6.45) is 0. The van der Waals surface area contributed by atoms with E-state index in [1.54, 1.807) is 49.4 Å². The van der Waals surface area contributed by atoms with Crippen LogP contribution < -0.4 is 21.4 Å². The Kier molecular flexibility index (Phi) is 4.19. The lowest BCUT2D eigenvalue weighted by atomic mass is 9.68. The standard InChI is InChI=1S/C22H15BrN2O6/c1-2-29-19(26)16-18(24)31-17-11-5-3-4-6-14(11)30-20(27)15(17)22(16)12-9-10(23)7-8-13(12)25-21(22)28/h3-9H,2,24H2,1H3,(H,25,28). The van der Waals surface area contributed by atoms with E-state index in [0.717, 1.165) is 0 Å². The Bertz CT molecular complexity index is 1390. The number of hydrogen-bond acceptors (Lipinski definition) is 7. The molecule has 0 radical (unpaired) electrons. The molecule has 8 nitrogen and oxygen atoms in total. The van der Waals surface area contributed by atoms with Crippen molar-refractivity contribution >= 4 is 44.5 Å². The highest BCUT2D eigenvalue weighted by Crippen LogP contribution is 2.54. The predicted molar refractivity (Wildman–Crippen MR) is 115 cm³/mol. The number of carbonyl (C=O) groups excluding carboxylic acids is 2. The van der Waals surface area contributed by atoms with E-state index in [4.69, 9.17) is 19.6 Å². The molecule has 1 amide bonds. The SMILES string of the molecule is CCOC(=O)C1=C(N)Oc2c(c(=O)oc3ccccc23)C12C(=O)Nc1ccc(Br)cc12. The van der Waals surface area contributed by atoms with Crippen molar-refractivity contribution in [2.24, 2.45) is 5.73 Å². The van der Waals surface area contributed by atoms with Crippen LogP contribution in [0.1, 0.15) is 18.1 Å². The first-order valence-electron chi connectivity index (χ1n) is 9.42. The van der Waals surface area contributed by atoms with Crippen molar-refractivity contribution in [3.8, 4) is 5.75 Å². The number of anilines is 1. The zero-order valence-corrected chi connectivity index (χ0v) is 17.7. The van der Waals surface area contributed by atoms with Crippen LogP contribution in [0.5, 0.6) is 5.75 Å². The maximum Gasteiger partial charge on any atom is 0.345 e. The van der Waals surface area contributed by atoms with Crippen LogP contribution in [-0.2, 0) is 19.7 Å². The van der Waals surface area contributed by atoms with E-state index < -0.39 is 22.9 Å². The maximum absolute atomic E-state index is 13.6. The van der Waals surface area contributed by atoms with Crippen molar-refractivity contribution in [3.63, 3.8) is 0 Å². The van der Waals surface area contributed by atoms with Gasteiger partial charge in [-0.15, -0.1) is 0 Å². The Morgan fingerprint density at radius 1 is 1.23 bits per heavy atom. The molecule has 9 heteroatoms. The fraction of sp³-hybridized carbons (Fsp3) is 0.136. The van der Waals surface area contributed by atoms with Gasteiger partial charge in [-0.2, -0.15) is 0 Å². The first kappa shape index (κ1) is 19.4. The summed E-state index contributed by atoms with van der Waals surface area (Å²) in [5, 5.41) is 3.20. The molecule has 2 aliphatic heterocycles. The van der Waals surface area contributed by atoms with E-state index in [0.29, 0.717) is 21.1 Å². The summed E-state index contributed by atoms with van der Waals surface area (Å²) in [6.45, 7) is 1.66. The lowest BCUT2D eigenvalue weighted by Crippen LogP contribution is -2.48. The number of nitrogens with two attached hydrogens (primary N) is 1. The number of amides is 1. The second kappa shape index (κ2) is 6.71. The predicted octanol–water partition coefficient (Wildman–Crippen LogP) is 2.92. The van der Waals surface area contributed by atoms with Crippen LogP contribution >= 0.6 is 15.9 Å². The summed E-state index contributed by atoms with van der Waals surface area (Å²) >= 11 is 3.40. The third kappa shape index (κ3) is 2.50. The molecule has 0 saturated heterocycles. The van der Waals surface area contributed by atoms with Gasteiger partial charge >= 0.3 is 11.6 Å². The molecule has 0 fully saturated rings. The highest BCUT2D eigenvalue weighted by Gasteiger charge is 2.61. The van der Waals surface area contributed by atoms with Gasteiger partial charge in [0.25, 0.3) is 0 Å². The molecule has 1 spiro atoms. The topological polar surface area (TPSA) is 121 Å². The van der Waals surface area contributed by atoms with Gasteiger partial charge in [0.2, 0.25) is 11.8 Å². The van der Waals surface area contributed by atoms with Crippen molar-refractivity contribution in [3.05, 3.63) is 79.9 Å². The summed E-state index contributed by atoms with van der Waals surface area (Å²) < 4.78 is 17.1. The Labute approximate surface area is 183 Å². The van der Waals surface area contributed by atoms with Crippen molar-refractivity contribution in [1.29, 1.82) is 0 Å². The highest BCUT2D eigenvalue weighted by molar-refractivity contribution is 9.10. The average molecular weight is 483 g/mol. The fourth-order valence-electron chi connectivity index (χ4n) is 4.25. The molecule has 3 N–H and O–H groups in total. The van der Waals surface area contributed by atoms with Crippen LogP contribution in [0.3, 0.4) is 0 Å². The van der Waals surface area contributed by atoms with Gasteiger partial charge in [-0.1, -0.05) is 28.1 Å². The molecule has 1 atom stereocenters. The number of nitrogens with one attached hydrogen (secondary N) is 1. The number of esters is 1. The summed E-state index contributed by atoms with van der Waals surface area (Å²) in [6, 6.07) is 11.8. The van der Waals surface area contributed by atoms with Crippen LogP contribution in [0.4, 0.5) is 5.69 Å². The van der Waals surface area contributed by atoms with Gasteiger partial charge in [0, 0.05) is 15.7 Å². The number of benzene rings is 2. The largest absolute Gasteiger partial charge is 0.462 e. The Morgan fingerprint density at radius 2 is 2.00 bits per heavy atom. The lowest BCUT2D eigenvalue weighted by Gasteiger charge is -2.34. The number of carbonyl (C=O) groups is 2. The minimum atomic E-state index is -1.90. The van der Waals surface area contributed by atoms with Crippen LogP contribution in [0, 0.1) is 0 Å². The molecular formula is C22H15BrN2O6. The van der Waals surface area contributed by atoms with Gasteiger partial charge in [-0.25, -0.2) is 9.59 Å².